The summed E-state index contributed by atoms with van der Waals surface area (Å²) in [7, 11) is -2.95. The summed E-state index contributed by atoms with van der Waals surface area (Å²) in [5.74, 6) is 0.808. The number of sulfone groups is 1. The van der Waals surface area contributed by atoms with E-state index in [2.05, 4.69) is 10.1 Å². The molecule has 2 heterocycles. The first kappa shape index (κ1) is 17.5. The molecule has 2 aromatic carbocycles. The number of thioether (sulfide) groups is 1. The van der Waals surface area contributed by atoms with Crippen molar-refractivity contribution in [3.8, 4) is 16.9 Å². The Morgan fingerprint density at radius 3 is 2.38 bits per heavy atom. The highest BCUT2D eigenvalue weighted by atomic mass is 32.2. The molecule has 8 heteroatoms. The summed E-state index contributed by atoms with van der Waals surface area (Å²) in [6.45, 7) is 0.693. The average molecular weight is 401 g/mol. The van der Waals surface area contributed by atoms with Crippen LogP contribution in [0.3, 0.4) is 0 Å². The van der Waals surface area contributed by atoms with E-state index in [4.69, 9.17) is 0 Å². The topological polar surface area (TPSA) is 64.3 Å². The standard InChI is InChI=1S/C18H16N3O2PS2/c22-26(23,13-16-19-11-12-25-16)18-17(14-7-3-1-4-8-14)20-21(24-18)15-9-5-2-6-10-15/h1-10H,11-13H2. The van der Waals surface area contributed by atoms with Crippen molar-refractivity contribution in [2.45, 2.75) is 4.63 Å². The summed E-state index contributed by atoms with van der Waals surface area (Å²) >= 11 is 1.52. The predicted molar refractivity (Wildman–Crippen MR) is 108 cm³/mol. The van der Waals surface area contributed by atoms with Crippen LogP contribution in [0.15, 0.2) is 70.3 Å². The first-order chi connectivity index (χ1) is 12.6. The molecule has 0 atom stereocenters. The fourth-order valence-corrected chi connectivity index (χ4v) is 6.81. The molecule has 1 aromatic heterocycles. The molecule has 26 heavy (non-hydrogen) atoms. The second-order valence-electron chi connectivity index (χ2n) is 5.73. The molecule has 4 rings (SSSR count). The highest BCUT2D eigenvalue weighted by Crippen LogP contribution is 2.35. The molecule has 0 saturated carbocycles. The van der Waals surface area contributed by atoms with Gasteiger partial charge in [-0.05, 0) is 12.1 Å². The largest absolute Gasteiger partial charge is 0.281 e. The van der Waals surface area contributed by atoms with Crippen LogP contribution < -0.4 is 0 Å². The van der Waals surface area contributed by atoms with Crippen LogP contribution in [0.5, 0.6) is 0 Å². The Hall–Kier alpha value is -1.95. The zero-order valence-corrected chi connectivity index (χ0v) is 16.3. The van der Waals surface area contributed by atoms with Gasteiger partial charge >= 0.3 is 0 Å². The van der Waals surface area contributed by atoms with Crippen molar-refractivity contribution in [2.24, 2.45) is 4.99 Å². The summed E-state index contributed by atoms with van der Waals surface area (Å²) in [5.41, 5.74) is 2.18. The summed E-state index contributed by atoms with van der Waals surface area (Å²) in [5, 5.41) is 5.32. The van der Waals surface area contributed by atoms with E-state index in [-0.39, 0.29) is 5.75 Å². The Balaban J connectivity index is 1.83. The van der Waals surface area contributed by atoms with Crippen molar-refractivity contribution in [2.75, 3.05) is 18.1 Å². The zero-order valence-electron chi connectivity index (χ0n) is 13.8. The Morgan fingerprint density at radius 2 is 1.73 bits per heavy atom. The Morgan fingerprint density at radius 1 is 1.04 bits per heavy atom. The minimum Gasteiger partial charge on any atom is -0.281 e. The minimum atomic E-state index is -3.50. The maximum Gasteiger partial charge on any atom is 0.192 e. The molecule has 0 radical (unpaired) electrons. The van der Waals surface area contributed by atoms with E-state index in [1.165, 1.54) is 11.8 Å². The van der Waals surface area contributed by atoms with Gasteiger partial charge in [-0.25, -0.2) is 12.9 Å². The number of aliphatic imine (C=N–C) groups is 1. The van der Waals surface area contributed by atoms with Gasteiger partial charge < -0.3 is 0 Å². The molecular formula is C18H16N3O2PS2. The van der Waals surface area contributed by atoms with E-state index in [1.807, 2.05) is 60.7 Å². The Labute approximate surface area is 158 Å². The van der Waals surface area contributed by atoms with Gasteiger partial charge in [0.1, 0.15) is 16.1 Å². The van der Waals surface area contributed by atoms with Crippen molar-refractivity contribution in [1.29, 1.82) is 0 Å². The van der Waals surface area contributed by atoms with Gasteiger partial charge in [-0.1, -0.05) is 48.5 Å². The first-order valence-electron chi connectivity index (χ1n) is 8.10. The van der Waals surface area contributed by atoms with Crippen LogP contribution in [0, 0.1) is 0 Å². The normalized spacial score (nSPS) is 14.7. The molecule has 0 amide bonds. The highest BCUT2D eigenvalue weighted by Gasteiger charge is 2.27. The maximum atomic E-state index is 13.1. The molecule has 3 aromatic rings. The molecule has 132 valence electrons. The van der Waals surface area contributed by atoms with Crippen molar-refractivity contribution >= 4 is 35.0 Å². The second-order valence-corrected chi connectivity index (χ2v) is 10.2. The van der Waals surface area contributed by atoms with Crippen LogP contribution in [0.25, 0.3) is 16.9 Å². The third kappa shape index (κ3) is 3.61. The molecule has 0 unspecified atom stereocenters. The third-order valence-electron chi connectivity index (χ3n) is 3.87. The van der Waals surface area contributed by atoms with Gasteiger partial charge in [0.25, 0.3) is 0 Å². The smallest absolute Gasteiger partial charge is 0.192 e. The molecule has 0 aliphatic carbocycles. The average Bonchev–Trinajstić information content (AvgIpc) is 3.33. The van der Waals surface area contributed by atoms with Crippen molar-refractivity contribution in [3.05, 3.63) is 60.7 Å². The summed E-state index contributed by atoms with van der Waals surface area (Å²) < 4.78 is 28.3. The molecule has 1 aliphatic rings. The molecule has 0 bridgehead atoms. The number of benzene rings is 2. The Bertz CT molecular complexity index is 1050. The van der Waals surface area contributed by atoms with Gasteiger partial charge in [-0.3, -0.25) is 4.99 Å². The van der Waals surface area contributed by atoms with Gasteiger partial charge in [0.15, 0.2) is 9.84 Å². The van der Waals surface area contributed by atoms with Crippen molar-refractivity contribution in [1.82, 2.24) is 9.54 Å². The van der Waals surface area contributed by atoms with E-state index >= 15 is 0 Å². The lowest BCUT2D eigenvalue weighted by atomic mass is 10.2. The number of hydrogen-bond donors (Lipinski definition) is 0. The Kier molecular flexibility index (Phi) is 4.94. The number of nitrogens with zero attached hydrogens (tertiary/aromatic N) is 3. The van der Waals surface area contributed by atoms with Crippen LogP contribution in [0.4, 0.5) is 0 Å². The molecule has 0 saturated heterocycles. The van der Waals surface area contributed by atoms with E-state index in [0.29, 0.717) is 30.3 Å². The minimum absolute atomic E-state index is 0.0471. The van der Waals surface area contributed by atoms with E-state index in [0.717, 1.165) is 17.0 Å². The fourth-order valence-electron chi connectivity index (χ4n) is 2.65. The van der Waals surface area contributed by atoms with Gasteiger partial charge in [0.05, 0.1) is 19.1 Å². The van der Waals surface area contributed by atoms with Crippen LogP contribution in [0.2, 0.25) is 0 Å². The molecule has 0 spiro atoms. The predicted octanol–water partition coefficient (Wildman–Crippen LogP) is 4.04. The zero-order chi connectivity index (χ0) is 18.0. The summed E-state index contributed by atoms with van der Waals surface area (Å²) in [6.07, 6.45) is 0. The van der Waals surface area contributed by atoms with Crippen LogP contribution in [-0.4, -0.2) is 41.1 Å². The van der Waals surface area contributed by atoms with Crippen molar-refractivity contribution in [3.63, 3.8) is 0 Å². The highest BCUT2D eigenvalue weighted by molar-refractivity contribution is 8.15. The lowest BCUT2D eigenvalue weighted by Crippen LogP contribution is -2.12. The van der Waals surface area contributed by atoms with Gasteiger partial charge in [-0.2, -0.15) is 5.10 Å². The maximum absolute atomic E-state index is 13.1. The number of rotatable bonds is 5. The van der Waals surface area contributed by atoms with Gasteiger partial charge in [0.2, 0.25) is 0 Å². The first-order valence-corrected chi connectivity index (χ1v) is 11.6. The lowest BCUT2D eigenvalue weighted by Gasteiger charge is -2.04. The lowest BCUT2D eigenvalue weighted by molar-refractivity contribution is 0.602. The van der Waals surface area contributed by atoms with Gasteiger partial charge in [-0.15, -0.1) is 11.8 Å². The monoisotopic (exact) mass is 401 g/mol. The van der Waals surface area contributed by atoms with E-state index < -0.39 is 9.84 Å². The fraction of sp³-hybridized carbons (Fsp3) is 0.167. The number of aromatic nitrogens is 2. The quantitative estimate of drug-likeness (QED) is 0.647. The number of para-hydroxylation sites is 1. The molecule has 0 fully saturated rings. The molecule has 0 N–H and O–H groups in total. The summed E-state index contributed by atoms with van der Waals surface area (Å²) in [4.78, 5) is 4.30. The summed E-state index contributed by atoms with van der Waals surface area (Å²) in [6, 6.07) is 19.1. The SMILES string of the molecule is O=S(=O)(CC1=NCCS1)c1pn(-c2ccccc2)nc1-c1ccccc1. The van der Waals surface area contributed by atoms with E-state index in [1.54, 1.807) is 4.44 Å². The van der Waals surface area contributed by atoms with Crippen molar-refractivity contribution < 1.29 is 8.42 Å². The van der Waals surface area contributed by atoms with Crippen LogP contribution in [-0.2, 0) is 9.84 Å². The van der Waals surface area contributed by atoms with Gasteiger partial charge in [0, 0.05) is 17.9 Å². The number of hydrogen-bond acceptors (Lipinski definition) is 5. The van der Waals surface area contributed by atoms with Crippen LogP contribution in [0.1, 0.15) is 0 Å². The molecule has 1 aliphatic heterocycles. The molecular weight excluding hydrogens is 385 g/mol. The molecule has 5 nitrogen and oxygen atoms in total. The second kappa shape index (κ2) is 7.35. The third-order valence-corrected chi connectivity index (χ3v) is 8.47. The van der Waals surface area contributed by atoms with Crippen LogP contribution >= 0.6 is 20.1 Å². The van der Waals surface area contributed by atoms with E-state index in [9.17, 15) is 8.42 Å².